The standard InChI is InChI=1S/C16H21N3O/c1-4-19-16(14-9-17-11-18-10-14)13-5-7-15(8-6-13)20-12(2)3/h5-12,16,19H,4H2,1-3H3. The van der Waals surface area contributed by atoms with Crippen molar-refractivity contribution in [1.82, 2.24) is 15.3 Å². The summed E-state index contributed by atoms with van der Waals surface area (Å²) >= 11 is 0. The Morgan fingerprint density at radius 2 is 1.70 bits per heavy atom. The smallest absolute Gasteiger partial charge is 0.119 e. The molecule has 1 heterocycles. The maximum Gasteiger partial charge on any atom is 0.119 e. The third-order valence-corrected chi connectivity index (χ3v) is 2.91. The minimum absolute atomic E-state index is 0.106. The molecule has 4 nitrogen and oxygen atoms in total. The summed E-state index contributed by atoms with van der Waals surface area (Å²) in [6, 6.07) is 8.28. The van der Waals surface area contributed by atoms with Gasteiger partial charge in [0.25, 0.3) is 0 Å². The Hall–Kier alpha value is -1.94. The minimum atomic E-state index is 0.106. The highest BCUT2D eigenvalue weighted by molar-refractivity contribution is 5.34. The van der Waals surface area contributed by atoms with E-state index in [-0.39, 0.29) is 12.1 Å². The molecular weight excluding hydrogens is 250 g/mol. The molecule has 1 N–H and O–H groups in total. The minimum Gasteiger partial charge on any atom is -0.491 e. The van der Waals surface area contributed by atoms with Crippen molar-refractivity contribution >= 4 is 0 Å². The van der Waals surface area contributed by atoms with Gasteiger partial charge in [0.2, 0.25) is 0 Å². The highest BCUT2D eigenvalue weighted by Gasteiger charge is 2.13. The van der Waals surface area contributed by atoms with Crippen LogP contribution in [0, 0.1) is 0 Å². The van der Waals surface area contributed by atoms with Crippen molar-refractivity contribution in [1.29, 1.82) is 0 Å². The first-order chi connectivity index (χ1) is 9.70. The molecule has 0 bridgehead atoms. The van der Waals surface area contributed by atoms with E-state index >= 15 is 0 Å². The predicted octanol–water partition coefficient (Wildman–Crippen LogP) is 2.96. The number of nitrogens with one attached hydrogen (secondary N) is 1. The molecule has 1 aromatic carbocycles. The summed E-state index contributed by atoms with van der Waals surface area (Å²) in [6.45, 7) is 7.02. The fourth-order valence-electron chi connectivity index (χ4n) is 2.10. The van der Waals surface area contributed by atoms with E-state index in [4.69, 9.17) is 4.74 Å². The van der Waals surface area contributed by atoms with Crippen LogP contribution in [0.15, 0.2) is 43.0 Å². The van der Waals surface area contributed by atoms with Gasteiger partial charge in [0.1, 0.15) is 12.1 Å². The fourth-order valence-corrected chi connectivity index (χ4v) is 2.10. The van der Waals surface area contributed by atoms with Crippen molar-refractivity contribution in [3.8, 4) is 5.75 Å². The summed E-state index contributed by atoms with van der Waals surface area (Å²) in [5.74, 6) is 0.892. The Labute approximate surface area is 120 Å². The second-order valence-electron chi connectivity index (χ2n) is 4.90. The Bertz CT molecular complexity index is 511. The molecule has 0 aliphatic heterocycles. The number of rotatable bonds is 6. The van der Waals surface area contributed by atoms with Crippen LogP contribution in [0.2, 0.25) is 0 Å². The lowest BCUT2D eigenvalue weighted by atomic mass is 10.0. The summed E-state index contributed by atoms with van der Waals surface area (Å²) in [7, 11) is 0. The largest absolute Gasteiger partial charge is 0.491 e. The monoisotopic (exact) mass is 271 g/mol. The number of nitrogens with zero attached hydrogens (tertiary/aromatic N) is 2. The van der Waals surface area contributed by atoms with Crippen LogP contribution in [-0.4, -0.2) is 22.6 Å². The van der Waals surface area contributed by atoms with Crippen LogP contribution in [-0.2, 0) is 0 Å². The maximum absolute atomic E-state index is 5.67. The molecule has 1 atom stereocenters. The normalized spacial score (nSPS) is 12.4. The lowest BCUT2D eigenvalue weighted by Crippen LogP contribution is -2.22. The summed E-state index contributed by atoms with van der Waals surface area (Å²) in [4.78, 5) is 8.19. The molecule has 1 unspecified atom stereocenters. The lowest BCUT2D eigenvalue weighted by molar-refractivity contribution is 0.242. The third kappa shape index (κ3) is 3.78. The third-order valence-electron chi connectivity index (χ3n) is 2.91. The Morgan fingerprint density at radius 3 is 2.25 bits per heavy atom. The van der Waals surface area contributed by atoms with Crippen LogP contribution in [0.5, 0.6) is 5.75 Å². The molecule has 20 heavy (non-hydrogen) atoms. The van der Waals surface area contributed by atoms with Crippen LogP contribution in [0.1, 0.15) is 37.9 Å². The summed E-state index contributed by atoms with van der Waals surface area (Å²) in [5, 5.41) is 3.45. The molecule has 0 amide bonds. The highest BCUT2D eigenvalue weighted by Crippen LogP contribution is 2.23. The zero-order valence-corrected chi connectivity index (χ0v) is 12.2. The van der Waals surface area contributed by atoms with E-state index in [9.17, 15) is 0 Å². The molecule has 2 rings (SSSR count). The molecule has 2 aromatic rings. The number of hydrogen-bond donors (Lipinski definition) is 1. The van der Waals surface area contributed by atoms with Crippen molar-refractivity contribution in [3.63, 3.8) is 0 Å². The van der Waals surface area contributed by atoms with Crippen LogP contribution < -0.4 is 10.1 Å². The summed E-state index contributed by atoms with van der Waals surface area (Å²) in [5.41, 5.74) is 2.24. The summed E-state index contributed by atoms with van der Waals surface area (Å²) < 4.78 is 5.67. The highest BCUT2D eigenvalue weighted by atomic mass is 16.5. The molecule has 0 aliphatic carbocycles. The molecular formula is C16H21N3O. The summed E-state index contributed by atoms with van der Waals surface area (Å²) in [6.07, 6.45) is 5.43. The van der Waals surface area contributed by atoms with Gasteiger partial charge in [0, 0.05) is 18.0 Å². The molecule has 1 aromatic heterocycles. The zero-order chi connectivity index (χ0) is 14.4. The quantitative estimate of drug-likeness (QED) is 0.877. The van der Waals surface area contributed by atoms with Crippen molar-refractivity contribution in [2.45, 2.75) is 32.9 Å². The van der Waals surface area contributed by atoms with Crippen LogP contribution in [0.4, 0.5) is 0 Å². The SMILES string of the molecule is CCNC(c1ccc(OC(C)C)cc1)c1cncnc1. The Morgan fingerprint density at radius 1 is 1.05 bits per heavy atom. The van der Waals surface area contributed by atoms with E-state index in [1.807, 2.05) is 38.4 Å². The van der Waals surface area contributed by atoms with E-state index in [0.717, 1.165) is 17.9 Å². The first kappa shape index (κ1) is 14.5. The number of aromatic nitrogens is 2. The van der Waals surface area contributed by atoms with Crippen molar-refractivity contribution in [2.75, 3.05) is 6.54 Å². The van der Waals surface area contributed by atoms with Gasteiger partial charge >= 0.3 is 0 Å². The Kier molecular flexibility index (Phi) is 5.07. The molecule has 106 valence electrons. The van der Waals surface area contributed by atoms with Gasteiger partial charge in [-0.2, -0.15) is 0 Å². The van der Waals surface area contributed by atoms with Crippen LogP contribution in [0.25, 0.3) is 0 Å². The van der Waals surface area contributed by atoms with Gasteiger partial charge in [-0.05, 0) is 38.1 Å². The van der Waals surface area contributed by atoms with Gasteiger partial charge in [0.05, 0.1) is 12.1 Å². The average Bonchev–Trinajstić information content (AvgIpc) is 2.46. The predicted molar refractivity (Wildman–Crippen MR) is 79.8 cm³/mol. The van der Waals surface area contributed by atoms with Gasteiger partial charge in [-0.3, -0.25) is 0 Å². The van der Waals surface area contributed by atoms with E-state index in [1.165, 1.54) is 5.56 Å². The topological polar surface area (TPSA) is 47.0 Å². The number of ether oxygens (including phenoxy) is 1. The van der Waals surface area contributed by atoms with E-state index < -0.39 is 0 Å². The average molecular weight is 271 g/mol. The second kappa shape index (κ2) is 7.01. The molecule has 0 saturated heterocycles. The van der Waals surface area contributed by atoms with Gasteiger partial charge in [-0.1, -0.05) is 19.1 Å². The first-order valence-corrected chi connectivity index (χ1v) is 6.95. The van der Waals surface area contributed by atoms with E-state index in [2.05, 4.69) is 34.3 Å². The zero-order valence-electron chi connectivity index (χ0n) is 12.2. The van der Waals surface area contributed by atoms with Crippen molar-refractivity contribution in [3.05, 3.63) is 54.1 Å². The molecule has 4 heteroatoms. The van der Waals surface area contributed by atoms with Gasteiger partial charge in [-0.15, -0.1) is 0 Å². The van der Waals surface area contributed by atoms with Gasteiger partial charge in [0.15, 0.2) is 0 Å². The molecule has 0 spiro atoms. The van der Waals surface area contributed by atoms with E-state index in [1.54, 1.807) is 6.33 Å². The maximum atomic E-state index is 5.67. The number of benzene rings is 1. The van der Waals surface area contributed by atoms with Crippen molar-refractivity contribution in [2.24, 2.45) is 0 Å². The van der Waals surface area contributed by atoms with Gasteiger partial charge in [-0.25, -0.2) is 9.97 Å². The second-order valence-corrected chi connectivity index (χ2v) is 4.90. The fraction of sp³-hybridized carbons (Fsp3) is 0.375. The molecule has 0 radical (unpaired) electrons. The number of hydrogen-bond acceptors (Lipinski definition) is 4. The lowest BCUT2D eigenvalue weighted by Gasteiger charge is -2.19. The molecule has 0 fully saturated rings. The van der Waals surface area contributed by atoms with Crippen LogP contribution in [0.3, 0.4) is 0 Å². The van der Waals surface area contributed by atoms with E-state index in [0.29, 0.717) is 0 Å². The molecule has 0 aliphatic rings. The molecule has 0 saturated carbocycles. The Balaban J connectivity index is 2.21. The van der Waals surface area contributed by atoms with Crippen LogP contribution >= 0.6 is 0 Å². The van der Waals surface area contributed by atoms with Gasteiger partial charge < -0.3 is 10.1 Å². The van der Waals surface area contributed by atoms with Crippen molar-refractivity contribution < 1.29 is 4.74 Å². The first-order valence-electron chi connectivity index (χ1n) is 6.95.